The lowest BCUT2D eigenvalue weighted by Crippen LogP contribution is -2.63. The first kappa shape index (κ1) is 48.7. The summed E-state index contributed by atoms with van der Waals surface area (Å²) in [6.45, 7) is 11.5. The van der Waals surface area contributed by atoms with Gasteiger partial charge in [-0.1, -0.05) is 44.9 Å². The quantitative estimate of drug-likeness (QED) is 0.0597. The van der Waals surface area contributed by atoms with Gasteiger partial charge in [-0.2, -0.15) is 0 Å². The van der Waals surface area contributed by atoms with Crippen molar-refractivity contribution in [3.8, 4) is 17.2 Å². The van der Waals surface area contributed by atoms with Gasteiger partial charge in [0.15, 0.2) is 23.7 Å². The molecule has 21 nitrogen and oxygen atoms in total. The average molecular weight is 867 g/mol. The van der Waals surface area contributed by atoms with Crippen molar-refractivity contribution in [1.82, 2.24) is 5.32 Å². The molecule has 1 aliphatic rings. The average Bonchev–Trinajstić information content (AvgIpc) is 3.14. The molecule has 22 heteroatoms. The minimum absolute atomic E-state index is 0.0903. The topological polar surface area (TPSA) is 284 Å². The fourth-order valence-electron chi connectivity index (χ4n) is 5.46. The van der Waals surface area contributed by atoms with Crippen LogP contribution in [0.25, 0.3) is 10.4 Å². The number of aliphatic hydroxyl groups is 1. The molecule has 2 aromatic carbocycles. The van der Waals surface area contributed by atoms with E-state index in [0.717, 1.165) is 39.8 Å². The molecule has 0 aromatic heterocycles. The van der Waals surface area contributed by atoms with Crippen LogP contribution in [0.15, 0.2) is 47.6 Å². The zero-order valence-corrected chi connectivity index (χ0v) is 35.2. The van der Waals surface area contributed by atoms with Crippen molar-refractivity contribution in [2.24, 2.45) is 15.9 Å². The van der Waals surface area contributed by atoms with Gasteiger partial charge in [0, 0.05) is 56.7 Å². The second kappa shape index (κ2) is 21.5. The highest BCUT2D eigenvalue weighted by atomic mass is 32.3. The van der Waals surface area contributed by atoms with Gasteiger partial charge in [-0.05, 0) is 46.8 Å². The van der Waals surface area contributed by atoms with E-state index in [9.17, 15) is 37.5 Å². The Kier molecular flexibility index (Phi) is 17.5. The molecule has 5 atom stereocenters. The zero-order valence-electron chi connectivity index (χ0n) is 34.4. The van der Waals surface area contributed by atoms with Crippen molar-refractivity contribution in [2.45, 2.75) is 92.7 Å². The molecule has 2 N–H and O–H groups in total. The summed E-state index contributed by atoms with van der Waals surface area (Å²) in [6, 6.07) is 8.76. The molecule has 1 aliphatic heterocycles. The monoisotopic (exact) mass is 866 g/mol. The largest absolute Gasteiger partial charge is 0.501 e. The van der Waals surface area contributed by atoms with Crippen LogP contribution in [0.1, 0.15) is 71.3 Å². The van der Waals surface area contributed by atoms with Gasteiger partial charge < -0.3 is 51.9 Å². The van der Waals surface area contributed by atoms with Gasteiger partial charge in [0.25, 0.3) is 5.91 Å². The number of amides is 1. The lowest BCUT2D eigenvalue weighted by atomic mass is 9.93. The second-order valence-electron chi connectivity index (χ2n) is 15.1. The number of esters is 4. The van der Waals surface area contributed by atoms with E-state index in [-0.39, 0.29) is 44.2 Å². The molecule has 3 rings (SSSR count). The summed E-state index contributed by atoms with van der Waals surface area (Å²) < 4.78 is 76.4. The summed E-state index contributed by atoms with van der Waals surface area (Å²) >= 11 is 0. The molecule has 1 saturated heterocycles. The molecule has 60 heavy (non-hydrogen) atoms. The summed E-state index contributed by atoms with van der Waals surface area (Å²) in [6.07, 6.45) is -8.05. The normalized spacial score (nSPS) is 19.1. The minimum atomic E-state index is -5.02. The summed E-state index contributed by atoms with van der Waals surface area (Å²) in [4.78, 5) is 64.9. The highest BCUT2D eigenvalue weighted by molar-refractivity contribution is 7.82. The van der Waals surface area contributed by atoms with Gasteiger partial charge in [0.1, 0.15) is 18.5 Å². The van der Waals surface area contributed by atoms with Crippen LogP contribution in [-0.2, 0) is 64.6 Å². The van der Waals surface area contributed by atoms with Crippen LogP contribution in [0.4, 0.5) is 0 Å². The number of aliphatic hydroxyl groups excluding tert-OH is 1. The molecule has 1 amide bonds. The van der Waals surface area contributed by atoms with Gasteiger partial charge in [-0.15, -0.1) is 8.42 Å². The van der Waals surface area contributed by atoms with Crippen LogP contribution in [0.5, 0.6) is 17.2 Å². The van der Waals surface area contributed by atoms with Crippen LogP contribution in [0, 0.1) is 10.8 Å². The van der Waals surface area contributed by atoms with Gasteiger partial charge in [-0.3, -0.25) is 24.0 Å². The summed E-state index contributed by atoms with van der Waals surface area (Å²) in [7, 11) is -5.02. The Hall–Kier alpha value is -5.67. The van der Waals surface area contributed by atoms with Gasteiger partial charge in [0.2, 0.25) is 12.4 Å². The van der Waals surface area contributed by atoms with Crippen molar-refractivity contribution in [2.75, 3.05) is 32.9 Å². The smallest absolute Gasteiger partial charge is 0.463 e. The first-order valence-electron chi connectivity index (χ1n) is 18.4. The van der Waals surface area contributed by atoms with Crippen molar-refractivity contribution < 1.29 is 79.0 Å². The number of hydrogen-bond donors (Lipinski definition) is 2. The number of ether oxygens (including phenoxy) is 7. The highest BCUT2D eigenvalue weighted by Crippen LogP contribution is 2.36. The Labute approximate surface area is 346 Å². The van der Waals surface area contributed by atoms with Gasteiger partial charge in [-0.25, -0.2) is 0 Å². The maximum atomic E-state index is 13.5. The molecular formula is C38H50N4O17S. The maximum absolute atomic E-state index is 13.5. The first-order chi connectivity index (χ1) is 28.0. The molecule has 330 valence electrons. The van der Waals surface area contributed by atoms with Gasteiger partial charge >= 0.3 is 34.3 Å². The molecule has 0 radical (unpaired) electrons. The number of rotatable bonds is 21. The van der Waals surface area contributed by atoms with Crippen molar-refractivity contribution in [3.63, 3.8) is 0 Å². The molecule has 1 unspecified atom stereocenters. The first-order valence-corrected chi connectivity index (χ1v) is 19.7. The lowest BCUT2D eigenvalue weighted by Gasteiger charge is -2.43. The second-order valence-corrected chi connectivity index (χ2v) is 16.3. The fourth-order valence-corrected chi connectivity index (χ4v) is 6.19. The number of carbonyl (C=O) groups excluding carboxylic acids is 5. The summed E-state index contributed by atoms with van der Waals surface area (Å²) in [5.74, 6) is -5.39. The minimum Gasteiger partial charge on any atom is -0.463 e. The van der Waals surface area contributed by atoms with E-state index in [2.05, 4.69) is 15.3 Å². The number of carbonyl (C=O) groups is 5. The zero-order chi connectivity index (χ0) is 44.8. The molecule has 2 aromatic rings. The van der Waals surface area contributed by atoms with Crippen molar-refractivity contribution in [1.29, 1.82) is 0 Å². The third-order valence-electron chi connectivity index (χ3n) is 8.17. The van der Waals surface area contributed by atoms with E-state index >= 15 is 0 Å². The molecule has 0 saturated carbocycles. The summed E-state index contributed by atoms with van der Waals surface area (Å²) in [5, 5.41) is 15.7. The van der Waals surface area contributed by atoms with E-state index in [0.29, 0.717) is 5.56 Å². The Morgan fingerprint density at radius 1 is 0.817 bits per heavy atom. The molecule has 1 heterocycles. The van der Waals surface area contributed by atoms with E-state index in [1.807, 2.05) is 27.7 Å². The molecule has 0 bridgehead atoms. The Morgan fingerprint density at radius 2 is 1.42 bits per heavy atom. The van der Waals surface area contributed by atoms with E-state index in [1.165, 1.54) is 30.3 Å². The number of nitrogens with one attached hydrogen (secondary N) is 1. The number of benzene rings is 2. The highest BCUT2D eigenvalue weighted by Gasteiger charge is 2.53. The fraction of sp³-hybridized carbons (Fsp3) is 0.553. The van der Waals surface area contributed by atoms with Crippen molar-refractivity contribution in [3.05, 3.63) is 64.0 Å². The number of hydrogen-bond acceptors (Lipinski definition) is 18. The van der Waals surface area contributed by atoms with Crippen LogP contribution in [-0.4, -0.2) is 107 Å². The van der Waals surface area contributed by atoms with Crippen LogP contribution < -0.4 is 18.4 Å². The van der Waals surface area contributed by atoms with Crippen LogP contribution >= 0.6 is 0 Å². The SMILES string of the molecule is CC(=O)OC[C@H]1OC(Oc2ccc(C(=O)NCC(C)(C)COCC(C)(C)CN=[N+]=[N-])cc2OS(=O)(=O)Oc2ccc(CO)cc2)[C@H](OC(C)=O)[C@@H](OC(C)=O)[C@H]1OC(C)=O. The third-order valence-corrected chi connectivity index (χ3v) is 8.95. The Morgan fingerprint density at radius 3 is 2.00 bits per heavy atom. The lowest BCUT2D eigenvalue weighted by molar-refractivity contribution is -0.288. The number of azide groups is 1. The molecule has 0 aliphatic carbocycles. The van der Waals surface area contributed by atoms with Gasteiger partial charge in [0.05, 0.1) is 19.8 Å². The van der Waals surface area contributed by atoms with Crippen molar-refractivity contribution >= 4 is 40.2 Å². The summed E-state index contributed by atoms with van der Waals surface area (Å²) in [5.41, 5.74) is 7.95. The maximum Gasteiger partial charge on any atom is 0.501 e. The Bertz CT molecular complexity index is 2000. The van der Waals surface area contributed by atoms with E-state index in [1.54, 1.807) is 0 Å². The predicted molar refractivity (Wildman–Crippen MR) is 206 cm³/mol. The van der Waals surface area contributed by atoms with E-state index < -0.39 is 99.8 Å². The van der Waals surface area contributed by atoms with Crippen LogP contribution in [0.2, 0.25) is 0 Å². The standard InChI is InChI=1S/C38H50N4O17S/c1-22(44)52-17-31-32(53-23(2)45)33(54-24(3)46)34(55-25(4)47)36(57-31)56-29-14-11-27(15-30(29)59-60(49,50)58-28-12-9-26(16-43)10-13-28)35(48)40-18-37(5,6)20-51-21-38(7,8)19-41-42-39/h9-15,31-34,36,43H,16-21H2,1-8H3,(H,40,48)/t31-,32+,33+,34-,36?/m1/s1. The predicted octanol–water partition coefficient (Wildman–Crippen LogP) is 3.45. The third kappa shape index (κ3) is 15.8. The number of nitrogens with zero attached hydrogens (tertiary/aromatic N) is 3. The van der Waals surface area contributed by atoms with Crippen LogP contribution in [0.3, 0.4) is 0 Å². The van der Waals surface area contributed by atoms with E-state index in [4.69, 9.17) is 47.1 Å². The molecular weight excluding hydrogens is 816 g/mol. The Balaban J connectivity index is 2.02. The molecule has 1 fully saturated rings. The molecule has 0 spiro atoms.